The van der Waals surface area contributed by atoms with Crippen LogP contribution in [-0.4, -0.2) is 24.7 Å². The molecule has 0 aliphatic rings. The highest BCUT2D eigenvalue weighted by atomic mass is 19.4. The van der Waals surface area contributed by atoms with Gasteiger partial charge >= 0.3 is 6.18 Å². The molecule has 21 heavy (non-hydrogen) atoms. The minimum atomic E-state index is -4.37. The average molecular weight is 302 g/mol. The number of benzene rings is 1. The Hall–Kier alpha value is -2.02. The van der Waals surface area contributed by atoms with Crippen LogP contribution in [0, 0.1) is 0 Å². The Bertz CT molecular complexity index is 472. The highest BCUT2D eigenvalue weighted by molar-refractivity contribution is 5.81. The molecule has 4 nitrogen and oxygen atoms in total. The fourth-order valence-corrected chi connectivity index (χ4v) is 1.48. The molecule has 1 atom stereocenters. The second-order valence-electron chi connectivity index (χ2n) is 4.40. The first-order valence-corrected chi connectivity index (χ1v) is 6.24. The number of alkyl halides is 3. The summed E-state index contributed by atoms with van der Waals surface area (Å²) >= 11 is 0. The maximum Gasteiger partial charge on any atom is 0.422 e. The van der Waals surface area contributed by atoms with Gasteiger partial charge in [0.1, 0.15) is 5.75 Å². The Morgan fingerprint density at radius 3 is 2.52 bits per heavy atom. The number of amides is 1. The number of carbonyl (C=O) groups is 1. The highest BCUT2D eigenvalue weighted by Crippen LogP contribution is 2.18. The number of nitrogens with two attached hydrogens (primary N) is 1. The van der Waals surface area contributed by atoms with Gasteiger partial charge < -0.3 is 15.8 Å². The molecule has 0 bridgehead atoms. The normalized spacial score (nSPS) is 12.6. The maximum absolute atomic E-state index is 12.0. The first-order chi connectivity index (χ1) is 9.81. The minimum Gasteiger partial charge on any atom is -0.484 e. The SMILES string of the molecule is C=CCC(N)C(=O)NCc1ccc(OCC(F)(F)F)cc1. The smallest absolute Gasteiger partial charge is 0.422 e. The van der Waals surface area contributed by atoms with Gasteiger partial charge in [0.05, 0.1) is 6.04 Å². The van der Waals surface area contributed by atoms with Crippen LogP contribution < -0.4 is 15.8 Å². The number of carbonyl (C=O) groups excluding carboxylic acids is 1. The second-order valence-corrected chi connectivity index (χ2v) is 4.40. The number of ether oxygens (including phenoxy) is 1. The third-order valence-corrected chi connectivity index (χ3v) is 2.55. The molecule has 0 saturated heterocycles. The lowest BCUT2D eigenvalue weighted by Gasteiger charge is -2.11. The van der Waals surface area contributed by atoms with Crippen LogP contribution in [0.5, 0.6) is 5.75 Å². The summed E-state index contributed by atoms with van der Waals surface area (Å²) < 4.78 is 40.5. The summed E-state index contributed by atoms with van der Waals surface area (Å²) in [7, 11) is 0. The summed E-state index contributed by atoms with van der Waals surface area (Å²) in [5.74, 6) is -0.196. The Kier molecular flexibility index (Phi) is 6.23. The molecule has 1 amide bonds. The van der Waals surface area contributed by atoms with Crippen molar-refractivity contribution >= 4 is 5.91 Å². The van der Waals surface area contributed by atoms with E-state index in [0.29, 0.717) is 6.42 Å². The summed E-state index contributed by atoms with van der Waals surface area (Å²) in [5.41, 5.74) is 6.32. The molecule has 1 rings (SSSR count). The van der Waals surface area contributed by atoms with Crippen LogP contribution in [0.15, 0.2) is 36.9 Å². The van der Waals surface area contributed by atoms with Crippen molar-refractivity contribution in [1.82, 2.24) is 5.32 Å². The lowest BCUT2D eigenvalue weighted by atomic mass is 10.2. The molecule has 1 aromatic carbocycles. The summed E-state index contributed by atoms with van der Waals surface area (Å²) in [6.07, 6.45) is -2.44. The van der Waals surface area contributed by atoms with Crippen molar-refractivity contribution < 1.29 is 22.7 Å². The van der Waals surface area contributed by atoms with E-state index in [-0.39, 0.29) is 18.2 Å². The van der Waals surface area contributed by atoms with Crippen LogP contribution in [0.3, 0.4) is 0 Å². The van der Waals surface area contributed by atoms with Gasteiger partial charge in [0, 0.05) is 6.54 Å². The Morgan fingerprint density at radius 1 is 1.38 bits per heavy atom. The molecule has 0 fully saturated rings. The number of hydrogen-bond donors (Lipinski definition) is 2. The monoisotopic (exact) mass is 302 g/mol. The van der Waals surface area contributed by atoms with Gasteiger partial charge in [0.2, 0.25) is 5.91 Å². The number of halogens is 3. The standard InChI is InChI=1S/C14H17F3N2O2/c1-2-3-12(18)13(20)19-8-10-4-6-11(7-5-10)21-9-14(15,16)17/h2,4-7,12H,1,3,8-9,18H2,(H,19,20). The third kappa shape index (κ3) is 6.80. The van der Waals surface area contributed by atoms with Gasteiger partial charge in [-0.15, -0.1) is 6.58 Å². The molecular weight excluding hydrogens is 285 g/mol. The highest BCUT2D eigenvalue weighted by Gasteiger charge is 2.28. The molecule has 1 aromatic rings. The van der Waals surface area contributed by atoms with E-state index in [1.54, 1.807) is 18.2 Å². The molecule has 0 aliphatic heterocycles. The zero-order chi connectivity index (χ0) is 15.9. The van der Waals surface area contributed by atoms with Gasteiger partial charge in [-0.2, -0.15) is 13.2 Å². The van der Waals surface area contributed by atoms with Crippen molar-refractivity contribution in [1.29, 1.82) is 0 Å². The third-order valence-electron chi connectivity index (χ3n) is 2.55. The molecule has 0 saturated carbocycles. The first-order valence-electron chi connectivity index (χ1n) is 6.24. The van der Waals surface area contributed by atoms with Crippen LogP contribution in [-0.2, 0) is 11.3 Å². The maximum atomic E-state index is 12.0. The van der Waals surface area contributed by atoms with E-state index in [0.717, 1.165) is 5.56 Å². The molecule has 0 spiro atoms. The molecule has 116 valence electrons. The second kappa shape index (κ2) is 7.68. The lowest BCUT2D eigenvalue weighted by molar-refractivity contribution is -0.153. The Labute approximate surface area is 120 Å². The van der Waals surface area contributed by atoms with Crippen molar-refractivity contribution in [3.8, 4) is 5.75 Å². The molecule has 0 aliphatic carbocycles. The molecule has 3 N–H and O–H groups in total. The average Bonchev–Trinajstić information content (AvgIpc) is 2.43. The number of hydrogen-bond acceptors (Lipinski definition) is 3. The van der Waals surface area contributed by atoms with Crippen molar-refractivity contribution in [3.05, 3.63) is 42.5 Å². The van der Waals surface area contributed by atoms with Crippen LogP contribution in [0.1, 0.15) is 12.0 Å². The van der Waals surface area contributed by atoms with Crippen LogP contribution in [0.25, 0.3) is 0 Å². The molecular formula is C14H17F3N2O2. The van der Waals surface area contributed by atoms with E-state index in [9.17, 15) is 18.0 Å². The van der Waals surface area contributed by atoms with Crippen LogP contribution in [0.2, 0.25) is 0 Å². The van der Waals surface area contributed by atoms with Gasteiger partial charge in [-0.1, -0.05) is 18.2 Å². The van der Waals surface area contributed by atoms with E-state index < -0.39 is 18.8 Å². The quantitative estimate of drug-likeness (QED) is 0.759. The van der Waals surface area contributed by atoms with E-state index in [4.69, 9.17) is 5.73 Å². The predicted octanol–water partition coefficient (Wildman–Crippen LogP) is 2.15. The fourth-order valence-electron chi connectivity index (χ4n) is 1.48. The van der Waals surface area contributed by atoms with Crippen molar-refractivity contribution in [2.45, 2.75) is 25.2 Å². The van der Waals surface area contributed by atoms with E-state index >= 15 is 0 Å². The molecule has 0 radical (unpaired) electrons. The van der Waals surface area contributed by atoms with Crippen LogP contribution in [0.4, 0.5) is 13.2 Å². The zero-order valence-electron chi connectivity index (χ0n) is 11.3. The molecule has 0 heterocycles. The topological polar surface area (TPSA) is 64.4 Å². The molecule has 7 heteroatoms. The van der Waals surface area contributed by atoms with Crippen molar-refractivity contribution in [2.75, 3.05) is 6.61 Å². The van der Waals surface area contributed by atoms with Gasteiger partial charge in [-0.05, 0) is 24.1 Å². The minimum absolute atomic E-state index is 0.116. The van der Waals surface area contributed by atoms with E-state index in [1.807, 2.05) is 0 Å². The first kappa shape index (κ1) is 17.0. The number of rotatable bonds is 7. The van der Waals surface area contributed by atoms with Crippen LogP contribution >= 0.6 is 0 Å². The van der Waals surface area contributed by atoms with Gasteiger partial charge in [0.25, 0.3) is 0 Å². The molecule has 0 aromatic heterocycles. The zero-order valence-corrected chi connectivity index (χ0v) is 11.3. The lowest BCUT2D eigenvalue weighted by Crippen LogP contribution is -2.39. The summed E-state index contributed by atoms with van der Waals surface area (Å²) in [6.45, 7) is 2.40. The van der Waals surface area contributed by atoms with Crippen molar-refractivity contribution in [2.24, 2.45) is 5.73 Å². The van der Waals surface area contributed by atoms with E-state index in [1.165, 1.54) is 12.1 Å². The van der Waals surface area contributed by atoms with Gasteiger partial charge in [-0.3, -0.25) is 4.79 Å². The van der Waals surface area contributed by atoms with Crippen molar-refractivity contribution in [3.63, 3.8) is 0 Å². The number of nitrogens with one attached hydrogen (secondary N) is 1. The van der Waals surface area contributed by atoms with Gasteiger partial charge in [-0.25, -0.2) is 0 Å². The fraction of sp³-hybridized carbons (Fsp3) is 0.357. The predicted molar refractivity (Wildman–Crippen MR) is 72.6 cm³/mol. The largest absolute Gasteiger partial charge is 0.484 e. The summed E-state index contributed by atoms with van der Waals surface area (Å²) in [4.78, 5) is 11.6. The van der Waals surface area contributed by atoms with E-state index in [2.05, 4.69) is 16.6 Å². The Morgan fingerprint density at radius 2 is 2.00 bits per heavy atom. The summed E-state index contributed by atoms with van der Waals surface area (Å²) in [6, 6.07) is 5.32. The van der Waals surface area contributed by atoms with Gasteiger partial charge in [0.15, 0.2) is 6.61 Å². The molecule has 1 unspecified atom stereocenters. The Balaban J connectivity index is 2.44. The summed E-state index contributed by atoms with van der Waals surface area (Å²) in [5, 5.41) is 2.63.